The molecule has 2 aromatic carbocycles. The lowest BCUT2D eigenvalue weighted by molar-refractivity contribution is 0.414. The molecule has 0 radical (unpaired) electrons. The average Bonchev–Trinajstić information content (AvgIpc) is 3.05. The van der Waals surface area contributed by atoms with Gasteiger partial charge in [0, 0.05) is 23.7 Å². The van der Waals surface area contributed by atoms with Crippen LogP contribution in [0.2, 0.25) is 0 Å². The number of hydrogen-bond acceptors (Lipinski definition) is 3. The maximum absolute atomic E-state index is 4.76. The second-order valence-electron chi connectivity index (χ2n) is 5.34. The van der Waals surface area contributed by atoms with E-state index in [4.69, 9.17) is 4.99 Å². The standard InChI is InChI=1S/C18H19BrN2S/c19-11-17-12-20-18(22-17)21(13-15-7-3-1-4-8-15)14-16-9-5-2-6-10-16/h1-10,17H,11-14H2. The highest BCUT2D eigenvalue weighted by molar-refractivity contribution is 9.09. The molecule has 0 spiro atoms. The predicted octanol–water partition coefficient (Wildman–Crippen LogP) is 4.56. The molecule has 0 fully saturated rings. The van der Waals surface area contributed by atoms with Crippen LogP contribution in [-0.4, -0.2) is 27.2 Å². The molecule has 1 heterocycles. The quantitative estimate of drug-likeness (QED) is 0.713. The lowest BCUT2D eigenvalue weighted by atomic mass is 10.2. The first-order valence-corrected chi connectivity index (χ1v) is 9.45. The molecule has 0 saturated carbocycles. The molecule has 1 atom stereocenters. The summed E-state index contributed by atoms with van der Waals surface area (Å²) in [5.74, 6) is 0. The lowest BCUT2D eigenvalue weighted by Gasteiger charge is -2.24. The third-order valence-corrected chi connectivity index (χ3v) is 6.03. The van der Waals surface area contributed by atoms with Gasteiger partial charge in [-0.25, -0.2) is 0 Å². The van der Waals surface area contributed by atoms with E-state index in [2.05, 4.69) is 81.5 Å². The van der Waals surface area contributed by atoms with Crippen molar-refractivity contribution in [1.29, 1.82) is 0 Å². The van der Waals surface area contributed by atoms with Gasteiger partial charge in [0.1, 0.15) is 0 Å². The number of alkyl halides is 1. The van der Waals surface area contributed by atoms with Crippen molar-refractivity contribution in [3.63, 3.8) is 0 Å². The first kappa shape index (κ1) is 15.6. The van der Waals surface area contributed by atoms with Crippen molar-refractivity contribution >= 4 is 32.9 Å². The number of aliphatic imine (C=N–C) groups is 1. The smallest absolute Gasteiger partial charge is 0.160 e. The zero-order chi connectivity index (χ0) is 15.2. The summed E-state index contributed by atoms with van der Waals surface area (Å²) in [5, 5.41) is 2.72. The van der Waals surface area contributed by atoms with Crippen molar-refractivity contribution in [2.45, 2.75) is 18.3 Å². The molecule has 0 aromatic heterocycles. The molecule has 2 nitrogen and oxygen atoms in total. The first-order chi connectivity index (χ1) is 10.8. The van der Waals surface area contributed by atoms with Crippen LogP contribution in [0.5, 0.6) is 0 Å². The van der Waals surface area contributed by atoms with E-state index in [0.29, 0.717) is 5.25 Å². The van der Waals surface area contributed by atoms with E-state index < -0.39 is 0 Å². The SMILES string of the molecule is BrCC1CN=C(N(Cc2ccccc2)Cc2ccccc2)S1. The zero-order valence-corrected chi connectivity index (χ0v) is 14.8. The molecule has 2 aromatic rings. The topological polar surface area (TPSA) is 15.6 Å². The fourth-order valence-corrected chi connectivity index (χ4v) is 4.00. The molecular weight excluding hydrogens is 356 g/mol. The number of thioether (sulfide) groups is 1. The fraction of sp³-hybridized carbons (Fsp3) is 0.278. The Kier molecular flexibility index (Phi) is 5.57. The van der Waals surface area contributed by atoms with Gasteiger partial charge in [-0.2, -0.15) is 0 Å². The summed E-state index contributed by atoms with van der Waals surface area (Å²) in [7, 11) is 0. The van der Waals surface area contributed by atoms with E-state index >= 15 is 0 Å². The minimum absolute atomic E-state index is 0.559. The van der Waals surface area contributed by atoms with Crippen molar-refractivity contribution in [3.05, 3.63) is 71.8 Å². The molecule has 3 rings (SSSR count). The Bertz CT molecular complexity index is 574. The Morgan fingerprint density at radius 3 is 1.95 bits per heavy atom. The molecule has 0 N–H and O–H groups in total. The fourth-order valence-electron chi connectivity index (χ4n) is 2.46. The van der Waals surface area contributed by atoms with Gasteiger partial charge in [0.2, 0.25) is 0 Å². The summed E-state index contributed by atoms with van der Waals surface area (Å²) in [4.78, 5) is 7.14. The first-order valence-electron chi connectivity index (χ1n) is 7.45. The Hall–Kier alpha value is -1.26. The van der Waals surface area contributed by atoms with Gasteiger partial charge < -0.3 is 4.90 Å². The number of nitrogens with zero attached hydrogens (tertiary/aromatic N) is 2. The van der Waals surface area contributed by atoms with E-state index in [1.165, 1.54) is 11.1 Å². The normalized spacial score (nSPS) is 17.3. The molecule has 1 aliphatic heterocycles. The van der Waals surface area contributed by atoms with Crippen LogP contribution >= 0.6 is 27.7 Å². The van der Waals surface area contributed by atoms with Gasteiger partial charge in [0.25, 0.3) is 0 Å². The summed E-state index contributed by atoms with van der Waals surface area (Å²) in [5.41, 5.74) is 2.65. The van der Waals surface area contributed by atoms with Crippen LogP contribution in [0, 0.1) is 0 Å². The van der Waals surface area contributed by atoms with Crippen molar-refractivity contribution in [2.75, 3.05) is 11.9 Å². The molecule has 0 amide bonds. The van der Waals surface area contributed by atoms with Crippen LogP contribution in [0.4, 0.5) is 0 Å². The molecular formula is C18H19BrN2S. The molecule has 22 heavy (non-hydrogen) atoms. The Balaban J connectivity index is 1.76. The molecule has 0 saturated heterocycles. The van der Waals surface area contributed by atoms with E-state index in [0.717, 1.165) is 30.1 Å². The summed E-state index contributed by atoms with van der Waals surface area (Å²) >= 11 is 5.46. The highest BCUT2D eigenvalue weighted by Gasteiger charge is 2.23. The van der Waals surface area contributed by atoms with Crippen molar-refractivity contribution < 1.29 is 0 Å². The lowest BCUT2D eigenvalue weighted by Crippen LogP contribution is -2.27. The van der Waals surface area contributed by atoms with Gasteiger partial charge in [0.05, 0.1) is 6.54 Å². The molecule has 0 aliphatic carbocycles. The van der Waals surface area contributed by atoms with Gasteiger partial charge in [-0.1, -0.05) is 88.4 Å². The molecule has 4 heteroatoms. The highest BCUT2D eigenvalue weighted by Crippen LogP contribution is 2.27. The van der Waals surface area contributed by atoms with E-state index in [-0.39, 0.29) is 0 Å². The Morgan fingerprint density at radius 1 is 0.955 bits per heavy atom. The van der Waals surface area contributed by atoms with Crippen LogP contribution in [0.25, 0.3) is 0 Å². The van der Waals surface area contributed by atoms with E-state index in [1.54, 1.807) is 0 Å². The van der Waals surface area contributed by atoms with Gasteiger partial charge in [-0.3, -0.25) is 4.99 Å². The van der Waals surface area contributed by atoms with Crippen LogP contribution in [0.15, 0.2) is 65.7 Å². The van der Waals surface area contributed by atoms with Crippen LogP contribution < -0.4 is 0 Å². The van der Waals surface area contributed by atoms with Crippen LogP contribution in [-0.2, 0) is 13.1 Å². The molecule has 114 valence electrons. The second-order valence-corrected chi connectivity index (χ2v) is 7.26. The number of halogens is 1. The maximum Gasteiger partial charge on any atom is 0.160 e. The second kappa shape index (κ2) is 7.84. The summed E-state index contributed by atoms with van der Waals surface area (Å²) < 4.78 is 0. The summed E-state index contributed by atoms with van der Waals surface area (Å²) in [6.07, 6.45) is 0. The largest absolute Gasteiger partial charge is 0.343 e. The minimum atomic E-state index is 0.559. The Morgan fingerprint density at radius 2 is 1.50 bits per heavy atom. The van der Waals surface area contributed by atoms with Crippen molar-refractivity contribution in [1.82, 2.24) is 4.90 Å². The van der Waals surface area contributed by atoms with Gasteiger partial charge in [0.15, 0.2) is 5.17 Å². The maximum atomic E-state index is 4.76. The van der Waals surface area contributed by atoms with Gasteiger partial charge in [-0.15, -0.1) is 0 Å². The molecule has 1 unspecified atom stereocenters. The summed E-state index contributed by atoms with van der Waals surface area (Å²) in [6, 6.07) is 21.2. The number of amidine groups is 1. The number of hydrogen-bond donors (Lipinski definition) is 0. The predicted molar refractivity (Wildman–Crippen MR) is 99.6 cm³/mol. The monoisotopic (exact) mass is 374 g/mol. The van der Waals surface area contributed by atoms with Crippen molar-refractivity contribution in [2.24, 2.45) is 4.99 Å². The van der Waals surface area contributed by atoms with Crippen LogP contribution in [0.1, 0.15) is 11.1 Å². The zero-order valence-electron chi connectivity index (χ0n) is 12.4. The van der Waals surface area contributed by atoms with E-state index in [1.807, 2.05) is 11.8 Å². The minimum Gasteiger partial charge on any atom is -0.343 e. The Labute approximate surface area is 144 Å². The summed E-state index contributed by atoms with van der Waals surface area (Å²) in [6.45, 7) is 2.71. The van der Waals surface area contributed by atoms with Gasteiger partial charge in [-0.05, 0) is 11.1 Å². The number of rotatable bonds is 5. The molecule has 1 aliphatic rings. The molecule has 0 bridgehead atoms. The van der Waals surface area contributed by atoms with Crippen molar-refractivity contribution in [3.8, 4) is 0 Å². The number of benzene rings is 2. The van der Waals surface area contributed by atoms with Crippen LogP contribution in [0.3, 0.4) is 0 Å². The average molecular weight is 375 g/mol. The third-order valence-electron chi connectivity index (χ3n) is 3.58. The van der Waals surface area contributed by atoms with E-state index in [9.17, 15) is 0 Å². The third kappa shape index (κ3) is 4.14. The highest BCUT2D eigenvalue weighted by atomic mass is 79.9. The van der Waals surface area contributed by atoms with Gasteiger partial charge >= 0.3 is 0 Å².